The highest BCUT2D eigenvalue weighted by molar-refractivity contribution is 6.05. The van der Waals surface area contributed by atoms with Crippen LogP contribution in [0.2, 0.25) is 0 Å². The number of nitrogens with zero attached hydrogens (tertiary/aromatic N) is 2. The second-order valence-corrected chi connectivity index (χ2v) is 6.63. The van der Waals surface area contributed by atoms with Gasteiger partial charge in [0.1, 0.15) is 5.75 Å². The van der Waals surface area contributed by atoms with Gasteiger partial charge in [0.2, 0.25) is 5.91 Å². The Kier molecular flexibility index (Phi) is 4.85. The van der Waals surface area contributed by atoms with E-state index in [1.165, 1.54) is 0 Å². The number of anilines is 2. The van der Waals surface area contributed by atoms with Crippen LogP contribution in [-0.2, 0) is 4.79 Å². The van der Waals surface area contributed by atoms with Crippen LogP contribution >= 0.6 is 0 Å². The predicted octanol–water partition coefficient (Wildman–Crippen LogP) is 3.87. The van der Waals surface area contributed by atoms with Crippen LogP contribution in [0.3, 0.4) is 0 Å². The molecular formula is C22H21N3O3. The number of benzene rings is 2. The van der Waals surface area contributed by atoms with Crippen molar-refractivity contribution < 1.29 is 14.3 Å². The topological polar surface area (TPSA) is 63.6 Å². The Hall–Kier alpha value is -3.54. The van der Waals surface area contributed by atoms with Crippen molar-refractivity contribution in [3.63, 3.8) is 0 Å². The molecule has 0 atom stereocenters. The van der Waals surface area contributed by atoms with Crippen molar-refractivity contribution in [3.05, 3.63) is 72.6 Å². The zero-order valence-corrected chi connectivity index (χ0v) is 15.6. The monoisotopic (exact) mass is 375 g/mol. The maximum atomic E-state index is 12.6. The lowest BCUT2D eigenvalue weighted by molar-refractivity contribution is -0.117. The van der Waals surface area contributed by atoms with E-state index in [0.717, 1.165) is 17.8 Å². The molecule has 2 aromatic carbocycles. The van der Waals surface area contributed by atoms with Gasteiger partial charge in [0.25, 0.3) is 5.91 Å². The van der Waals surface area contributed by atoms with Crippen LogP contribution < -0.4 is 15.0 Å². The summed E-state index contributed by atoms with van der Waals surface area (Å²) in [5, 5.41) is 2.89. The molecule has 2 heterocycles. The highest BCUT2D eigenvalue weighted by Gasteiger charge is 2.24. The SMILES string of the molecule is COc1cc(NC(=O)c2ccc(-n3cccc3)cc2)ccc1N1CCCC1=O. The number of carbonyl (C=O) groups excluding carboxylic acids is 2. The van der Waals surface area contributed by atoms with E-state index in [1.54, 1.807) is 36.3 Å². The lowest BCUT2D eigenvalue weighted by Crippen LogP contribution is -2.24. The molecule has 6 nitrogen and oxygen atoms in total. The third-order valence-electron chi connectivity index (χ3n) is 4.83. The van der Waals surface area contributed by atoms with Gasteiger partial charge in [0, 0.05) is 48.4 Å². The second kappa shape index (κ2) is 7.60. The lowest BCUT2D eigenvalue weighted by Gasteiger charge is -2.19. The number of ether oxygens (including phenoxy) is 1. The second-order valence-electron chi connectivity index (χ2n) is 6.63. The average Bonchev–Trinajstić information content (AvgIpc) is 3.40. The number of rotatable bonds is 5. The zero-order chi connectivity index (χ0) is 19.5. The van der Waals surface area contributed by atoms with Crippen molar-refractivity contribution in [3.8, 4) is 11.4 Å². The molecule has 1 aromatic heterocycles. The molecule has 6 heteroatoms. The number of carbonyl (C=O) groups is 2. The predicted molar refractivity (Wildman–Crippen MR) is 108 cm³/mol. The Morgan fingerprint density at radius 1 is 1.07 bits per heavy atom. The third kappa shape index (κ3) is 3.49. The molecule has 1 fully saturated rings. The summed E-state index contributed by atoms with van der Waals surface area (Å²) in [6.45, 7) is 0.689. The fourth-order valence-electron chi connectivity index (χ4n) is 3.38. The average molecular weight is 375 g/mol. The van der Waals surface area contributed by atoms with E-state index in [0.29, 0.717) is 30.0 Å². The fraction of sp³-hybridized carbons (Fsp3) is 0.182. The Labute approximate surface area is 163 Å². The molecule has 1 N–H and O–H groups in total. The van der Waals surface area contributed by atoms with Crippen molar-refractivity contribution in [2.75, 3.05) is 23.9 Å². The smallest absolute Gasteiger partial charge is 0.255 e. The van der Waals surface area contributed by atoms with E-state index in [2.05, 4.69) is 5.32 Å². The van der Waals surface area contributed by atoms with E-state index in [4.69, 9.17) is 4.74 Å². The van der Waals surface area contributed by atoms with Crippen LogP contribution in [0, 0.1) is 0 Å². The third-order valence-corrected chi connectivity index (χ3v) is 4.83. The van der Waals surface area contributed by atoms with Gasteiger partial charge in [-0.3, -0.25) is 9.59 Å². The van der Waals surface area contributed by atoms with Crippen molar-refractivity contribution in [1.29, 1.82) is 0 Å². The highest BCUT2D eigenvalue weighted by atomic mass is 16.5. The Balaban J connectivity index is 1.50. The molecule has 4 rings (SSSR count). The summed E-state index contributed by atoms with van der Waals surface area (Å²) >= 11 is 0. The van der Waals surface area contributed by atoms with Crippen LogP contribution in [0.25, 0.3) is 5.69 Å². The first-order chi connectivity index (χ1) is 13.7. The first-order valence-electron chi connectivity index (χ1n) is 9.19. The van der Waals surface area contributed by atoms with Gasteiger partial charge in [-0.2, -0.15) is 0 Å². The minimum absolute atomic E-state index is 0.0952. The summed E-state index contributed by atoms with van der Waals surface area (Å²) < 4.78 is 7.42. The molecule has 0 unspecified atom stereocenters. The van der Waals surface area contributed by atoms with Crippen LogP contribution in [0.4, 0.5) is 11.4 Å². The van der Waals surface area contributed by atoms with Crippen molar-refractivity contribution in [1.82, 2.24) is 4.57 Å². The summed E-state index contributed by atoms with van der Waals surface area (Å²) in [6.07, 6.45) is 5.31. The summed E-state index contributed by atoms with van der Waals surface area (Å²) in [7, 11) is 1.56. The van der Waals surface area contributed by atoms with Crippen LogP contribution in [0.15, 0.2) is 67.0 Å². The lowest BCUT2D eigenvalue weighted by atomic mass is 10.1. The fourth-order valence-corrected chi connectivity index (χ4v) is 3.38. The van der Waals surface area contributed by atoms with Gasteiger partial charge in [-0.05, 0) is 55.0 Å². The first-order valence-corrected chi connectivity index (χ1v) is 9.19. The maximum Gasteiger partial charge on any atom is 0.255 e. The number of hydrogen-bond acceptors (Lipinski definition) is 3. The number of amides is 2. The molecule has 0 aliphatic carbocycles. The Morgan fingerprint density at radius 2 is 1.82 bits per heavy atom. The molecule has 142 valence electrons. The van der Waals surface area contributed by atoms with Gasteiger partial charge in [-0.25, -0.2) is 0 Å². The quantitative estimate of drug-likeness (QED) is 0.736. The molecule has 0 bridgehead atoms. The van der Waals surface area contributed by atoms with Gasteiger partial charge < -0.3 is 19.5 Å². The molecule has 1 aliphatic rings. The Bertz CT molecular complexity index is 994. The molecule has 1 saturated heterocycles. The largest absolute Gasteiger partial charge is 0.494 e. The van der Waals surface area contributed by atoms with Crippen molar-refractivity contribution in [2.24, 2.45) is 0 Å². The molecular weight excluding hydrogens is 354 g/mol. The summed E-state index contributed by atoms with van der Waals surface area (Å²) in [6, 6.07) is 16.6. The summed E-state index contributed by atoms with van der Waals surface area (Å²) in [5.74, 6) is 0.458. The van der Waals surface area contributed by atoms with E-state index < -0.39 is 0 Å². The number of methoxy groups -OCH3 is 1. The van der Waals surface area contributed by atoms with Gasteiger partial charge in [0.15, 0.2) is 0 Å². The highest BCUT2D eigenvalue weighted by Crippen LogP contribution is 2.34. The van der Waals surface area contributed by atoms with Gasteiger partial charge in [-0.15, -0.1) is 0 Å². The summed E-state index contributed by atoms with van der Waals surface area (Å²) in [4.78, 5) is 26.3. The van der Waals surface area contributed by atoms with Gasteiger partial charge in [-0.1, -0.05) is 0 Å². The molecule has 0 radical (unpaired) electrons. The molecule has 2 amide bonds. The standard InChI is InChI=1S/C22H21N3O3/c1-28-20-15-17(8-11-19(20)25-14-4-5-21(25)26)23-22(27)16-6-9-18(10-7-16)24-12-2-3-13-24/h2-3,6-13,15H,4-5,14H2,1H3,(H,23,27). The van der Waals surface area contributed by atoms with Crippen LogP contribution in [-0.4, -0.2) is 30.0 Å². The zero-order valence-electron chi connectivity index (χ0n) is 15.6. The molecule has 0 saturated carbocycles. The Morgan fingerprint density at radius 3 is 2.46 bits per heavy atom. The first kappa shape index (κ1) is 17.9. The van der Waals surface area contributed by atoms with Crippen LogP contribution in [0.5, 0.6) is 5.75 Å². The molecule has 3 aromatic rings. The van der Waals surface area contributed by atoms with E-state index in [9.17, 15) is 9.59 Å². The van der Waals surface area contributed by atoms with E-state index in [1.807, 2.05) is 47.3 Å². The van der Waals surface area contributed by atoms with Crippen molar-refractivity contribution in [2.45, 2.75) is 12.8 Å². The van der Waals surface area contributed by atoms with E-state index in [-0.39, 0.29) is 11.8 Å². The summed E-state index contributed by atoms with van der Waals surface area (Å²) in [5.41, 5.74) is 2.90. The van der Waals surface area contributed by atoms with Gasteiger partial charge >= 0.3 is 0 Å². The van der Waals surface area contributed by atoms with E-state index >= 15 is 0 Å². The normalized spacial score (nSPS) is 13.6. The van der Waals surface area contributed by atoms with Crippen LogP contribution in [0.1, 0.15) is 23.2 Å². The number of nitrogens with one attached hydrogen (secondary N) is 1. The molecule has 28 heavy (non-hydrogen) atoms. The number of hydrogen-bond donors (Lipinski definition) is 1. The number of aromatic nitrogens is 1. The molecule has 0 spiro atoms. The molecule has 1 aliphatic heterocycles. The van der Waals surface area contributed by atoms with Crippen molar-refractivity contribution >= 4 is 23.2 Å². The maximum absolute atomic E-state index is 12.6. The van der Waals surface area contributed by atoms with Gasteiger partial charge in [0.05, 0.1) is 12.8 Å². The minimum Gasteiger partial charge on any atom is -0.494 e. The minimum atomic E-state index is -0.203.